The second-order valence-corrected chi connectivity index (χ2v) is 4.40. The van der Waals surface area contributed by atoms with Gasteiger partial charge in [-0.05, 0) is 25.0 Å². The maximum Gasteiger partial charge on any atom is 0.143 e. The van der Waals surface area contributed by atoms with Gasteiger partial charge in [0.05, 0.1) is 24.4 Å². The fraction of sp³-hybridized carbons (Fsp3) is 0.500. The smallest absolute Gasteiger partial charge is 0.143 e. The highest BCUT2D eigenvalue weighted by atomic mass is 16.5. The number of nitriles is 1. The molecule has 0 aromatic heterocycles. The van der Waals surface area contributed by atoms with E-state index in [0.717, 1.165) is 24.5 Å². The van der Waals surface area contributed by atoms with Crippen LogP contribution in [0.4, 0.5) is 5.69 Å². The Kier molecular flexibility index (Phi) is 3.87. The Balaban J connectivity index is 2.27. The Hall–Kier alpha value is -1.69. The Labute approximate surface area is 103 Å². The summed E-state index contributed by atoms with van der Waals surface area (Å²) in [6.07, 6.45) is 5.11. The van der Waals surface area contributed by atoms with Gasteiger partial charge in [-0.2, -0.15) is 5.26 Å². The minimum absolute atomic E-state index is 0.653. The number of hydrogen-bond acceptors (Lipinski definition) is 3. The van der Waals surface area contributed by atoms with E-state index in [1.807, 2.05) is 18.2 Å². The van der Waals surface area contributed by atoms with E-state index in [2.05, 4.69) is 11.0 Å². The van der Waals surface area contributed by atoms with Crippen molar-refractivity contribution in [3.63, 3.8) is 0 Å². The lowest BCUT2D eigenvalue weighted by Gasteiger charge is -2.24. The number of anilines is 1. The van der Waals surface area contributed by atoms with Crippen LogP contribution in [0.25, 0.3) is 0 Å². The quantitative estimate of drug-likeness (QED) is 0.783. The van der Waals surface area contributed by atoms with Crippen LogP contribution in [0.5, 0.6) is 5.75 Å². The minimum atomic E-state index is 0.653. The highest BCUT2D eigenvalue weighted by molar-refractivity contribution is 5.61. The van der Waals surface area contributed by atoms with Crippen molar-refractivity contribution >= 4 is 5.69 Å². The summed E-state index contributed by atoms with van der Waals surface area (Å²) in [5, 5.41) is 8.88. The Morgan fingerprint density at radius 1 is 1.18 bits per heavy atom. The van der Waals surface area contributed by atoms with E-state index < -0.39 is 0 Å². The van der Waals surface area contributed by atoms with E-state index in [1.54, 1.807) is 7.11 Å². The topological polar surface area (TPSA) is 36.3 Å². The van der Waals surface area contributed by atoms with Crippen LogP contribution in [0.15, 0.2) is 18.2 Å². The van der Waals surface area contributed by atoms with E-state index in [1.165, 1.54) is 25.7 Å². The maximum absolute atomic E-state index is 8.88. The van der Waals surface area contributed by atoms with Crippen LogP contribution < -0.4 is 9.64 Å². The number of hydrogen-bond donors (Lipinski definition) is 0. The number of nitrogens with zero attached hydrogens (tertiary/aromatic N) is 2. The Morgan fingerprint density at radius 3 is 2.47 bits per heavy atom. The van der Waals surface area contributed by atoms with Gasteiger partial charge in [-0.25, -0.2) is 0 Å². The zero-order valence-corrected chi connectivity index (χ0v) is 10.3. The van der Waals surface area contributed by atoms with Crippen LogP contribution >= 0.6 is 0 Å². The molecule has 3 nitrogen and oxygen atoms in total. The molecule has 1 saturated heterocycles. The molecule has 0 aliphatic carbocycles. The van der Waals surface area contributed by atoms with Crippen LogP contribution in [0.3, 0.4) is 0 Å². The number of benzene rings is 1. The SMILES string of the molecule is COc1cc(C#N)ccc1N1CCCCCC1. The minimum Gasteiger partial charge on any atom is -0.495 e. The zero-order valence-electron chi connectivity index (χ0n) is 10.3. The van der Waals surface area contributed by atoms with E-state index in [9.17, 15) is 0 Å². The third-order valence-corrected chi connectivity index (χ3v) is 3.26. The third kappa shape index (κ3) is 2.71. The van der Waals surface area contributed by atoms with Gasteiger partial charge in [0.15, 0.2) is 0 Å². The first-order valence-electron chi connectivity index (χ1n) is 6.18. The van der Waals surface area contributed by atoms with Crippen molar-refractivity contribution < 1.29 is 4.74 Å². The molecule has 0 bridgehead atoms. The molecule has 0 amide bonds. The van der Waals surface area contributed by atoms with Crippen molar-refractivity contribution in [2.75, 3.05) is 25.1 Å². The third-order valence-electron chi connectivity index (χ3n) is 3.26. The van der Waals surface area contributed by atoms with Crippen LogP contribution in [-0.4, -0.2) is 20.2 Å². The molecule has 1 heterocycles. The number of rotatable bonds is 2. The summed E-state index contributed by atoms with van der Waals surface area (Å²) in [6, 6.07) is 7.83. The van der Waals surface area contributed by atoms with E-state index >= 15 is 0 Å². The van der Waals surface area contributed by atoms with Crippen molar-refractivity contribution in [1.82, 2.24) is 0 Å². The van der Waals surface area contributed by atoms with Crippen LogP contribution in [0.2, 0.25) is 0 Å². The standard InChI is InChI=1S/C14H18N2O/c1-17-14-10-12(11-15)6-7-13(14)16-8-4-2-3-5-9-16/h6-7,10H,2-5,8-9H2,1H3. The van der Waals surface area contributed by atoms with Crippen molar-refractivity contribution in [2.24, 2.45) is 0 Å². The van der Waals surface area contributed by atoms with Gasteiger partial charge in [-0.1, -0.05) is 12.8 Å². The van der Waals surface area contributed by atoms with Gasteiger partial charge in [0.2, 0.25) is 0 Å². The molecule has 3 heteroatoms. The average molecular weight is 230 g/mol. The van der Waals surface area contributed by atoms with Crippen LogP contribution in [-0.2, 0) is 0 Å². The van der Waals surface area contributed by atoms with Crippen molar-refractivity contribution in [1.29, 1.82) is 5.26 Å². The maximum atomic E-state index is 8.88. The van der Waals surface area contributed by atoms with Gasteiger partial charge in [0.1, 0.15) is 5.75 Å². The molecule has 90 valence electrons. The molecule has 0 spiro atoms. The van der Waals surface area contributed by atoms with Gasteiger partial charge < -0.3 is 9.64 Å². The van der Waals surface area contributed by atoms with E-state index in [-0.39, 0.29) is 0 Å². The summed E-state index contributed by atoms with van der Waals surface area (Å²) in [4.78, 5) is 2.37. The molecule has 0 atom stereocenters. The van der Waals surface area contributed by atoms with E-state index in [0.29, 0.717) is 5.56 Å². The molecule has 0 unspecified atom stereocenters. The second-order valence-electron chi connectivity index (χ2n) is 4.40. The second kappa shape index (κ2) is 5.58. The normalized spacial score (nSPS) is 16.1. The molecule has 1 aliphatic heterocycles. The summed E-state index contributed by atoms with van der Waals surface area (Å²) in [6.45, 7) is 2.17. The largest absolute Gasteiger partial charge is 0.495 e. The van der Waals surface area contributed by atoms with Gasteiger partial charge in [-0.15, -0.1) is 0 Å². The molecule has 1 aromatic carbocycles. The first-order valence-corrected chi connectivity index (χ1v) is 6.18. The molecule has 0 radical (unpaired) electrons. The van der Waals surface area contributed by atoms with Gasteiger partial charge >= 0.3 is 0 Å². The number of methoxy groups -OCH3 is 1. The fourth-order valence-electron chi connectivity index (χ4n) is 2.32. The summed E-state index contributed by atoms with van der Waals surface area (Å²) >= 11 is 0. The molecule has 0 saturated carbocycles. The first kappa shape index (κ1) is 11.8. The highest BCUT2D eigenvalue weighted by Crippen LogP contribution is 2.30. The molecule has 1 fully saturated rings. The molecule has 17 heavy (non-hydrogen) atoms. The van der Waals surface area contributed by atoms with Crippen molar-refractivity contribution in [3.05, 3.63) is 23.8 Å². The summed E-state index contributed by atoms with van der Waals surface area (Å²) in [7, 11) is 1.66. The molecule has 2 rings (SSSR count). The molecular weight excluding hydrogens is 212 g/mol. The lowest BCUT2D eigenvalue weighted by molar-refractivity contribution is 0.414. The Bertz CT molecular complexity index is 415. The Morgan fingerprint density at radius 2 is 1.88 bits per heavy atom. The molecule has 1 aromatic rings. The molecule has 1 aliphatic rings. The summed E-state index contributed by atoms with van der Waals surface area (Å²) in [5.41, 5.74) is 1.77. The lowest BCUT2D eigenvalue weighted by atomic mass is 10.2. The fourth-order valence-corrected chi connectivity index (χ4v) is 2.32. The van der Waals surface area contributed by atoms with Crippen molar-refractivity contribution in [3.8, 4) is 11.8 Å². The predicted octanol–water partition coefficient (Wildman–Crippen LogP) is 2.95. The molecule has 0 N–H and O–H groups in total. The van der Waals surface area contributed by atoms with Gasteiger partial charge in [-0.3, -0.25) is 0 Å². The van der Waals surface area contributed by atoms with Gasteiger partial charge in [0, 0.05) is 19.2 Å². The van der Waals surface area contributed by atoms with Crippen molar-refractivity contribution in [2.45, 2.75) is 25.7 Å². The van der Waals surface area contributed by atoms with Crippen LogP contribution in [0.1, 0.15) is 31.2 Å². The lowest BCUT2D eigenvalue weighted by Crippen LogP contribution is -2.24. The predicted molar refractivity (Wildman–Crippen MR) is 68.4 cm³/mol. The molecular formula is C14H18N2O. The zero-order chi connectivity index (χ0) is 12.1. The van der Waals surface area contributed by atoms with Gasteiger partial charge in [0.25, 0.3) is 0 Å². The first-order chi connectivity index (χ1) is 8.35. The monoisotopic (exact) mass is 230 g/mol. The van der Waals surface area contributed by atoms with Crippen LogP contribution in [0, 0.1) is 11.3 Å². The number of ether oxygens (including phenoxy) is 1. The summed E-state index contributed by atoms with van der Waals surface area (Å²) in [5.74, 6) is 0.811. The summed E-state index contributed by atoms with van der Waals surface area (Å²) < 4.78 is 5.39. The average Bonchev–Trinajstić information content (AvgIpc) is 2.66. The van der Waals surface area contributed by atoms with E-state index in [4.69, 9.17) is 10.00 Å². The highest BCUT2D eigenvalue weighted by Gasteiger charge is 2.14.